The molecule has 3 aliphatic rings. The number of carbonyl (C=O) groups is 2. The molecule has 1 aromatic carbocycles. The van der Waals surface area contributed by atoms with Crippen LogP contribution in [0.25, 0.3) is 0 Å². The van der Waals surface area contributed by atoms with Crippen LogP contribution in [0.5, 0.6) is 0 Å². The minimum atomic E-state index is -0.265. The van der Waals surface area contributed by atoms with Gasteiger partial charge in [-0.1, -0.05) is 6.07 Å². The van der Waals surface area contributed by atoms with Crippen molar-refractivity contribution in [2.75, 3.05) is 6.54 Å². The van der Waals surface area contributed by atoms with E-state index in [0.717, 1.165) is 51.5 Å². The van der Waals surface area contributed by atoms with Crippen molar-refractivity contribution in [1.82, 2.24) is 5.32 Å². The second-order valence-electron chi connectivity index (χ2n) is 7.64. The van der Waals surface area contributed by atoms with E-state index in [4.69, 9.17) is 4.74 Å². The molecule has 1 atom stereocenters. The van der Waals surface area contributed by atoms with Crippen molar-refractivity contribution >= 4 is 11.9 Å². The van der Waals surface area contributed by atoms with Crippen LogP contribution < -0.4 is 5.32 Å². The number of benzene rings is 1. The molecular formula is C19H23NO3. The first-order valence-corrected chi connectivity index (χ1v) is 8.63. The molecule has 4 rings (SSSR count). The van der Waals surface area contributed by atoms with E-state index in [1.807, 2.05) is 25.1 Å². The van der Waals surface area contributed by atoms with Crippen LogP contribution in [0.1, 0.15) is 60.5 Å². The molecule has 1 heterocycles. The molecule has 23 heavy (non-hydrogen) atoms. The van der Waals surface area contributed by atoms with E-state index < -0.39 is 0 Å². The summed E-state index contributed by atoms with van der Waals surface area (Å²) in [5.41, 5.74) is 2.57. The SMILES string of the molecule is CC1(OC(=O)c2ccc3c(c2)CCC2(CCNC2=O)C3)CCC1. The highest BCUT2D eigenvalue weighted by atomic mass is 16.6. The zero-order valence-electron chi connectivity index (χ0n) is 13.6. The Kier molecular flexibility index (Phi) is 3.26. The number of hydrogen-bond acceptors (Lipinski definition) is 3. The van der Waals surface area contributed by atoms with Gasteiger partial charge in [-0.3, -0.25) is 4.79 Å². The summed E-state index contributed by atoms with van der Waals surface area (Å²) in [6.07, 6.45) is 6.51. The van der Waals surface area contributed by atoms with Gasteiger partial charge in [0.2, 0.25) is 5.91 Å². The Labute approximate surface area is 136 Å². The van der Waals surface area contributed by atoms with Crippen molar-refractivity contribution in [3.05, 3.63) is 34.9 Å². The van der Waals surface area contributed by atoms with Crippen molar-refractivity contribution in [3.63, 3.8) is 0 Å². The minimum Gasteiger partial charge on any atom is -0.456 e. The van der Waals surface area contributed by atoms with Crippen LogP contribution in [0.4, 0.5) is 0 Å². The zero-order valence-corrected chi connectivity index (χ0v) is 13.6. The van der Waals surface area contributed by atoms with Crippen LogP contribution in [0, 0.1) is 5.41 Å². The Morgan fingerprint density at radius 3 is 2.65 bits per heavy atom. The lowest BCUT2D eigenvalue weighted by Gasteiger charge is -2.37. The molecule has 1 saturated carbocycles. The van der Waals surface area contributed by atoms with E-state index in [2.05, 4.69) is 5.32 Å². The van der Waals surface area contributed by atoms with Crippen LogP contribution in [0.15, 0.2) is 18.2 Å². The smallest absolute Gasteiger partial charge is 0.338 e. The Hall–Kier alpha value is -1.84. The molecule has 1 saturated heterocycles. The number of ether oxygens (including phenoxy) is 1. The number of aryl methyl sites for hydroxylation is 1. The summed E-state index contributed by atoms with van der Waals surface area (Å²) in [5.74, 6) is -0.0153. The molecule has 1 aromatic rings. The van der Waals surface area contributed by atoms with Gasteiger partial charge in [0.1, 0.15) is 5.60 Å². The predicted molar refractivity (Wildman–Crippen MR) is 86.2 cm³/mol. The quantitative estimate of drug-likeness (QED) is 0.854. The van der Waals surface area contributed by atoms with E-state index in [-0.39, 0.29) is 22.9 Å². The highest BCUT2D eigenvalue weighted by Gasteiger charge is 2.44. The van der Waals surface area contributed by atoms with E-state index >= 15 is 0 Å². The number of rotatable bonds is 2. The van der Waals surface area contributed by atoms with Crippen LogP contribution in [0.2, 0.25) is 0 Å². The third-order valence-corrected chi connectivity index (χ3v) is 5.96. The fraction of sp³-hybridized carbons (Fsp3) is 0.579. The van der Waals surface area contributed by atoms with Crippen molar-refractivity contribution in [2.24, 2.45) is 5.41 Å². The number of nitrogens with one attached hydrogen (secondary N) is 1. The van der Waals surface area contributed by atoms with E-state index in [1.54, 1.807) is 0 Å². The summed E-state index contributed by atoms with van der Waals surface area (Å²) in [4.78, 5) is 24.5. The summed E-state index contributed by atoms with van der Waals surface area (Å²) < 4.78 is 5.66. The van der Waals surface area contributed by atoms with E-state index in [0.29, 0.717) is 5.56 Å². The standard InChI is InChI=1S/C19H23NO3/c1-18(6-2-7-18)23-16(21)14-3-4-15-12-19(8-5-13(15)11-14)9-10-20-17(19)22/h3-4,11H,2,5-10,12H2,1H3,(H,20,22). The van der Waals surface area contributed by atoms with Crippen LogP contribution in [0.3, 0.4) is 0 Å². The molecule has 0 bridgehead atoms. The van der Waals surface area contributed by atoms with E-state index in [9.17, 15) is 9.59 Å². The first kappa shape index (κ1) is 14.7. The largest absolute Gasteiger partial charge is 0.456 e. The molecule has 0 aromatic heterocycles. The summed E-state index contributed by atoms with van der Waals surface area (Å²) in [5, 5.41) is 2.97. The summed E-state index contributed by atoms with van der Waals surface area (Å²) >= 11 is 0. The van der Waals surface area contributed by atoms with Gasteiger partial charge in [0.15, 0.2) is 0 Å². The van der Waals surface area contributed by atoms with Crippen molar-refractivity contribution < 1.29 is 14.3 Å². The molecule has 1 amide bonds. The maximum Gasteiger partial charge on any atom is 0.338 e. The highest BCUT2D eigenvalue weighted by Crippen LogP contribution is 2.41. The molecule has 2 fully saturated rings. The molecule has 0 radical (unpaired) electrons. The van der Waals surface area contributed by atoms with Crippen LogP contribution >= 0.6 is 0 Å². The van der Waals surface area contributed by atoms with Gasteiger partial charge < -0.3 is 10.1 Å². The van der Waals surface area contributed by atoms with Gasteiger partial charge in [-0.2, -0.15) is 0 Å². The van der Waals surface area contributed by atoms with Gasteiger partial charge in [0, 0.05) is 6.54 Å². The molecule has 4 heteroatoms. The van der Waals surface area contributed by atoms with Gasteiger partial charge in [0.05, 0.1) is 11.0 Å². The average Bonchev–Trinajstić information content (AvgIpc) is 2.85. The summed E-state index contributed by atoms with van der Waals surface area (Å²) in [7, 11) is 0. The Balaban J connectivity index is 1.53. The Morgan fingerprint density at radius 1 is 1.17 bits per heavy atom. The minimum absolute atomic E-state index is 0.199. The average molecular weight is 313 g/mol. The van der Waals surface area contributed by atoms with Gasteiger partial charge in [-0.25, -0.2) is 4.79 Å². The molecule has 4 nitrogen and oxygen atoms in total. The summed E-state index contributed by atoms with van der Waals surface area (Å²) in [6, 6.07) is 5.84. The summed E-state index contributed by atoms with van der Waals surface area (Å²) in [6.45, 7) is 2.80. The monoisotopic (exact) mass is 313 g/mol. The molecule has 2 aliphatic carbocycles. The normalized spacial score (nSPS) is 28.0. The van der Waals surface area contributed by atoms with Gasteiger partial charge in [-0.05, 0) is 75.1 Å². The Morgan fingerprint density at radius 2 is 2.00 bits per heavy atom. The van der Waals surface area contributed by atoms with Crippen molar-refractivity contribution in [2.45, 2.75) is 57.5 Å². The van der Waals surface area contributed by atoms with Gasteiger partial charge >= 0.3 is 5.97 Å². The molecule has 122 valence electrons. The number of carbonyl (C=O) groups excluding carboxylic acids is 2. The fourth-order valence-corrected chi connectivity index (χ4v) is 4.17. The lowest BCUT2D eigenvalue weighted by molar-refractivity contribution is -0.128. The van der Waals surface area contributed by atoms with Gasteiger partial charge in [0.25, 0.3) is 0 Å². The maximum atomic E-state index is 12.4. The second-order valence-corrected chi connectivity index (χ2v) is 7.64. The molecular weight excluding hydrogens is 290 g/mol. The van der Waals surface area contributed by atoms with Crippen LogP contribution in [-0.2, 0) is 22.4 Å². The van der Waals surface area contributed by atoms with Crippen LogP contribution in [-0.4, -0.2) is 24.0 Å². The number of amides is 1. The topological polar surface area (TPSA) is 55.4 Å². The fourth-order valence-electron chi connectivity index (χ4n) is 4.17. The maximum absolute atomic E-state index is 12.4. The Bertz CT molecular complexity index is 677. The number of fused-ring (bicyclic) bond motifs is 1. The number of hydrogen-bond donors (Lipinski definition) is 1. The van der Waals surface area contributed by atoms with Gasteiger partial charge in [-0.15, -0.1) is 0 Å². The first-order chi connectivity index (χ1) is 11.0. The van der Waals surface area contributed by atoms with Crippen molar-refractivity contribution in [1.29, 1.82) is 0 Å². The third-order valence-electron chi connectivity index (χ3n) is 5.96. The zero-order chi connectivity index (χ0) is 16.1. The highest BCUT2D eigenvalue weighted by molar-refractivity contribution is 5.90. The molecule has 1 N–H and O–H groups in total. The van der Waals surface area contributed by atoms with E-state index in [1.165, 1.54) is 11.1 Å². The third kappa shape index (κ3) is 2.44. The van der Waals surface area contributed by atoms with Crippen molar-refractivity contribution in [3.8, 4) is 0 Å². The lowest BCUT2D eigenvalue weighted by atomic mass is 9.70. The second kappa shape index (κ2) is 5.08. The predicted octanol–water partition coefficient (Wildman–Crippen LogP) is 2.78. The molecule has 1 aliphatic heterocycles. The number of esters is 1. The first-order valence-electron chi connectivity index (χ1n) is 8.63. The lowest BCUT2D eigenvalue weighted by Crippen LogP contribution is -2.38. The molecule has 1 unspecified atom stereocenters. The molecule has 1 spiro atoms.